The maximum absolute atomic E-state index is 12.4. The minimum atomic E-state index is -4.15. The minimum absolute atomic E-state index is 0.0983. The smallest absolute Gasteiger partial charge is 0.340 e. The second-order valence-electron chi connectivity index (χ2n) is 6.36. The van der Waals surface area contributed by atoms with E-state index < -0.39 is 27.0 Å². The highest BCUT2D eigenvalue weighted by Gasteiger charge is 2.28. The van der Waals surface area contributed by atoms with Gasteiger partial charge in [-0.1, -0.05) is 30.1 Å². The molecule has 1 atom stereocenters. The van der Waals surface area contributed by atoms with Crippen LogP contribution in [0.3, 0.4) is 0 Å². The van der Waals surface area contributed by atoms with Crippen molar-refractivity contribution >= 4 is 45.1 Å². The van der Waals surface area contributed by atoms with E-state index in [2.05, 4.69) is 6.92 Å². The zero-order chi connectivity index (χ0) is 19.6. The fourth-order valence-electron chi connectivity index (χ4n) is 2.66. The van der Waals surface area contributed by atoms with Crippen LogP contribution >= 0.6 is 23.2 Å². The van der Waals surface area contributed by atoms with E-state index in [0.717, 1.165) is 25.0 Å². The van der Waals surface area contributed by atoms with Crippen LogP contribution in [0.15, 0.2) is 17.0 Å². The van der Waals surface area contributed by atoms with Crippen molar-refractivity contribution < 1.29 is 22.7 Å². The van der Waals surface area contributed by atoms with Crippen molar-refractivity contribution in [1.29, 1.82) is 0 Å². The highest BCUT2D eigenvalue weighted by Crippen LogP contribution is 2.29. The molecule has 0 spiro atoms. The molecular formula is C16H20Cl2N2O5S. The van der Waals surface area contributed by atoms with Crippen molar-refractivity contribution in [3.63, 3.8) is 0 Å². The molecule has 1 aliphatic rings. The number of primary sulfonamides is 1. The molecule has 1 fully saturated rings. The number of hydrogen-bond donors (Lipinski definition) is 1. The third-order valence-corrected chi connectivity index (χ3v) is 5.96. The van der Waals surface area contributed by atoms with E-state index in [0.29, 0.717) is 19.0 Å². The van der Waals surface area contributed by atoms with E-state index in [1.807, 2.05) is 0 Å². The van der Waals surface area contributed by atoms with Gasteiger partial charge in [0, 0.05) is 13.1 Å². The second kappa shape index (κ2) is 8.12. The standard InChI is InChI=1S/C16H20Cl2N2O5S/c1-9-3-5-20(6-4-9)15(21)10(2)25-16(22)11-7-14(26(19,23)24)13(18)8-12(11)17/h7-10H,3-6H2,1-2H3,(H2,19,23,24)/t10-/m1/s1. The molecule has 0 aliphatic carbocycles. The Bertz CT molecular complexity index is 820. The molecule has 1 aliphatic heterocycles. The Labute approximate surface area is 162 Å². The molecular weight excluding hydrogens is 403 g/mol. The summed E-state index contributed by atoms with van der Waals surface area (Å²) < 4.78 is 28.3. The van der Waals surface area contributed by atoms with E-state index in [-0.39, 0.29) is 21.5 Å². The Kier molecular flexibility index (Phi) is 6.55. The summed E-state index contributed by atoms with van der Waals surface area (Å²) in [6, 6.07) is 2.04. The average Bonchev–Trinajstić information content (AvgIpc) is 2.53. The lowest BCUT2D eigenvalue weighted by Crippen LogP contribution is -2.44. The molecule has 2 rings (SSSR count). The predicted octanol–water partition coefficient (Wildman–Crippen LogP) is 2.44. The fraction of sp³-hybridized carbons (Fsp3) is 0.500. The number of sulfonamides is 1. The van der Waals surface area contributed by atoms with Gasteiger partial charge in [0.1, 0.15) is 4.90 Å². The first-order chi connectivity index (χ1) is 12.0. The van der Waals surface area contributed by atoms with Crippen molar-refractivity contribution in [1.82, 2.24) is 4.90 Å². The van der Waals surface area contributed by atoms with Crippen LogP contribution in [0.1, 0.15) is 37.0 Å². The summed E-state index contributed by atoms with van der Waals surface area (Å²) in [5.41, 5.74) is -0.230. The number of piperidine rings is 1. The van der Waals surface area contributed by atoms with E-state index in [4.69, 9.17) is 33.1 Å². The fourth-order valence-corrected chi connectivity index (χ4v) is 4.06. The Morgan fingerprint density at radius 1 is 1.23 bits per heavy atom. The molecule has 144 valence electrons. The highest BCUT2D eigenvalue weighted by molar-refractivity contribution is 7.89. The number of carbonyl (C=O) groups is 2. The number of ether oxygens (including phenoxy) is 1. The zero-order valence-corrected chi connectivity index (χ0v) is 16.7. The maximum atomic E-state index is 12.4. The molecule has 26 heavy (non-hydrogen) atoms. The van der Waals surface area contributed by atoms with Gasteiger partial charge in [-0.15, -0.1) is 0 Å². The van der Waals surface area contributed by atoms with Crippen molar-refractivity contribution in [3.8, 4) is 0 Å². The summed E-state index contributed by atoms with van der Waals surface area (Å²) in [6.07, 6.45) is 0.765. The lowest BCUT2D eigenvalue weighted by molar-refractivity contribution is -0.141. The highest BCUT2D eigenvalue weighted by atomic mass is 35.5. The van der Waals surface area contributed by atoms with Crippen molar-refractivity contribution in [2.45, 2.75) is 37.7 Å². The molecule has 0 saturated carbocycles. The Hall–Kier alpha value is -1.35. The Balaban J connectivity index is 2.15. The largest absolute Gasteiger partial charge is 0.449 e. The van der Waals surface area contributed by atoms with E-state index >= 15 is 0 Å². The van der Waals surface area contributed by atoms with Crippen LogP contribution in [0, 0.1) is 5.92 Å². The number of nitrogens with two attached hydrogens (primary N) is 1. The molecule has 0 aromatic heterocycles. The summed E-state index contributed by atoms with van der Waals surface area (Å²) in [5.74, 6) is -0.675. The van der Waals surface area contributed by atoms with Crippen LogP contribution in [0.2, 0.25) is 10.0 Å². The monoisotopic (exact) mass is 422 g/mol. The van der Waals surface area contributed by atoms with Gasteiger partial charge in [-0.25, -0.2) is 18.4 Å². The summed E-state index contributed by atoms with van der Waals surface area (Å²) in [4.78, 5) is 26.0. The minimum Gasteiger partial charge on any atom is -0.449 e. The number of hydrogen-bond acceptors (Lipinski definition) is 5. The molecule has 0 bridgehead atoms. The van der Waals surface area contributed by atoms with Crippen LogP contribution < -0.4 is 5.14 Å². The molecule has 1 saturated heterocycles. The third kappa shape index (κ3) is 4.88. The number of rotatable bonds is 4. The summed E-state index contributed by atoms with van der Waals surface area (Å²) in [7, 11) is -4.15. The van der Waals surface area contributed by atoms with Gasteiger partial charge < -0.3 is 9.64 Å². The quantitative estimate of drug-likeness (QED) is 0.749. The molecule has 1 aromatic carbocycles. The van der Waals surface area contributed by atoms with Gasteiger partial charge in [0.25, 0.3) is 5.91 Å². The van der Waals surface area contributed by atoms with Crippen LogP contribution in [0.25, 0.3) is 0 Å². The zero-order valence-electron chi connectivity index (χ0n) is 14.4. The number of halogens is 2. The topological polar surface area (TPSA) is 107 Å². The van der Waals surface area contributed by atoms with E-state index in [1.165, 1.54) is 6.92 Å². The molecule has 0 radical (unpaired) electrons. The molecule has 2 N–H and O–H groups in total. The summed E-state index contributed by atoms with van der Waals surface area (Å²) in [5, 5.41) is 4.76. The summed E-state index contributed by atoms with van der Waals surface area (Å²) in [6.45, 7) is 4.80. The van der Waals surface area contributed by atoms with E-state index in [1.54, 1.807) is 4.90 Å². The molecule has 1 heterocycles. The predicted molar refractivity (Wildman–Crippen MR) is 97.7 cm³/mol. The van der Waals surface area contributed by atoms with Crippen LogP contribution in [-0.2, 0) is 19.6 Å². The van der Waals surface area contributed by atoms with Gasteiger partial charge in [-0.05, 0) is 37.8 Å². The van der Waals surface area contributed by atoms with Gasteiger partial charge in [0.15, 0.2) is 6.10 Å². The van der Waals surface area contributed by atoms with E-state index in [9.17, 15) is 18.0 Å². The number of amides is 1. The van der Waals surface area contributed by atoms with Gasteiger partial charge in [0.05, 0.1) is 15.6 Å². The number of carbonyl (C=O) groups excluding carboxylic acids is 2. The maximum Gasteiger partial charge on any atom is 0.340 e. The van der Waals surface area contributed by atoms with Crippen molar-refractivity contribution in [2.75, 3.05) is 13.1 Å². The van der Waals surface area contributed by atoms with Gasteiger partial charge in [-0.3, -0.25) is 4.79 Å². The van der Waals surface area contributed by atoms with Gasteiger partial charge in [-0.2, -0.15) is 0 Å². The Morgan fingerprint density at radius 3 is 2.35 bits per heavy atom. The number of benzene rings is 1. The molecule has 7 nitrogen and oxygen atoms in total. The molecule has 10 heteroatoms. The molecule has 1 aromatic rings. The average molecular weight is 423 g/mol. The number of likely N-dealkylation sites (tertiary alicyclic amines) is 1. The van der Waals surface area contributed by atoms with Crippen molar-refractivity contribution in [2.24, 2.45) is 11.1 Å². The van der Waals surface area contributed by atoms with Crippen molar-refractivity contribution in [3.05, 3.63) is 27.7 Å². The molecule has 1 amide bonds. The van der Waals surface area contributed by atoms with Crippen LogP contribution in [0.5, 0.6) is 0 Å². The van der Waals surface area contributed by atoms with Gasteiger partial charge >= 0.3 is 5.97 Å². The first kappa shape index (κ1) is 21.0. The normalized spacial score (nSPS) is 17.0. The summed E-state index contributed by atoms with van der Waals surface area (Å²) >= 11 is 11.8. The van der Waals surface area contributed by atoms with Crippen LogP contribution in [0.4, 0.5) is 0 Å². The number of nitrogens with zero attached hydrogens (tertiary/aromatic N) is 1. The lowest BCUT2D eigenvalue weighted by Gasteiger charge is -2.31. The number of esters is 1. The lowest BCUT2D eigenvalue weighted by atomic mass is 9.99. The molecule has 0 unspecified atom stereocenters. The third-order valence-electron chi connectivity index (χ3n) is 4.27. The Morgan fingerprint density at radius 2 is 1.81 bits per heavy atom. The van der Waals surface area contributed by atoms with Gasteiger partial charge in [0.2, 0.25) is 10.0 Å². The second-order valence-corrected chi connectivity index (χ2v) is 8.71. The first-order valence-electron chi connectivity index (χ1n) is 8.02. The van der Waals surface area contributed by atoms with Crippen LogP contribution in [-0.4, -0.2) is 44.4 Å². The SMILES string of the molecule is CC1CCN(C(=O)[C@@H](C)OC(=O)c2cc(S(N)(=O)=O)c(Cl)cc2Cl)CC1. The first-order valence-corrected chi connectivity index (χ1v) is 10.3.